The molecule has 0 fully saturated rings. The molecule has 1 aromatic rings. The van der Waals surface area contributed by atoms with E-state index in [0.717, 1.165) is 18.3 Å². The van der Waals surface area contributed by atoms with Crippen LogP contribution in [0, 0.1) is 17.3 Å². The summed E-state index contributed by atoms with van der Waals surface area (Å²) in [5, 5.41) is 8.36. The fourth-order valence-corrected chi connectivity index (χ4v) is 3.38. The summed E-state index contributed by atoms with van der Waals surface area (Å²) < 4.78 is 0. The fourth-order valence-electron chi connectivity index (χ4n) is 3.38. The number of aryl methyl sites for hydroxylation is 1. The topological polar surface area (TPSA) is 25.8 Å². The van der Waals surface area contributed by atoms with Gasteiger partial charge in [-0.2, -0.15) is 10.2 Å². The Morgan fingerprint density at radius 3 is 2.59 bits per heavy atom. The highest BCUT2D eigenvalue weighted by Crippen LogP contribution is 2.48. The molecule has 0 N–H and O–H groups in total. The zero-order valence-corrected chi connectivity index (χ0v) is 11.7. The van der Waals surface area contributed by atoms with Crippen LogP contribution in [0.25, 0.3) is 0 Å². The molecule has 94 valence electrons. The molecule has 2 atom stereocenters. The van der Waals surface area contributed by atoms with Crippen LogP contribution in [0.5, 0.6) is 0 Å². The minimum absolute atomic E-state index is 0.299. The van der Waals surface area contributed by atoms with Crippen molar-refractivity contribution in [1.29, 1.82) is 0 Å². The lowest BCUT2D eigenvalue weighted by atomic mass is 9.62. The Bertz CT molecular complexity index is 390. The van der Waals surface area contributed by atoms with Crippen molar-refractivity contribution in [3.63, 3.8) is 0 Å². The Balaban J connectivity index is 2.46. The zero-order valence-electron chi connectivity index (χ0n) is 11.7. The lowest BCUT2D eigenvalue weighted by Gasteiger charge is -2.43. The number of hydrogen-bond acceptors (Lipinski definition) is 2. The first kappa shape index (κ1) is 12.5. The highest BCUT2D eigenvalue weighted by atomic mass is 15.1. The average molecular weight is 232 g/mol. The number of fused-ring (bicyclic) bond motifs is 1. The van der Waals surface area contributed by atoms with Gasteiger partial charge in [-0.25, -0.2) is 0 Å². The molecule has 1 heterocycles. The van der Waals surface area contributed by atoms with Crippen LogP contribution in [-0.4, -0.2) is 10.2 Å². The quantitative estimate of drug-likeness (QED) is 0.735. The summed E-state index contributed by atoms with van der Waals surface area (Å²) in [4.78, 5) is 0. The van der Waals surface area contributed by atoms with Crippen molar-refractivity contribution in [2.45, 2.75) is 53.4 Å². The van der Waals surface area contributed by atoms with E-state index in [-0.39, 0.29) is 0 Å². The smallest absolute Gasteiger partial charge is 0.0666 e. The molecule has 0 spiro atoms. The summed E-state index contributed by atoms with van der Waals surface area (Å²) in [7, 11) is 0. The molecular weight excluding hydrogens is 208 g/mol. The third kappa shape index (κ3) is 2.36. The largest absolute Gasteiger partial charge is 0.159 e. The maximum absolute atomic E-state index is 4.33. The molecule has 0 saturated heterocycles. The predicted octanol–water partition coefficient (Wildman–Crippen LogP) is 3.82. The highest BCUT2D eigenvalue weighted by Gasteiger charge is 2.39. The standard InChI is InChI=1S/C15H24N2/c1-10(2)11-6-7-13-12(8-9-16-17-13)14(11)15(3,4)5/h8-11,14H,6-7H2,1-5H3. The van der Waals surface area contributed by atoms with Gasteiger partial charge in [0.25, 0.3) is 0 Å². The monoisotopic (exact) mass is 232 g/mol. The molecule has 17 heavy (non-hydrogen) atoms. The SMILES string of the molecule is CC(C)C1CCc2nnccc2C1C(C)(C)C. The summed E-state index contributed by atoms with van der Waals surface area (Å²) in [5.74, 6) is 2.12. The van der Waals surface area contributed by atoms with Gasteiger partial charge in [0.1, 0.15) is 0 Å². The van der Waals surface area contributed by atoms with Gasteiger partial charge in [-0.05, 0) is 47.6 Å². The van der Waals surface area contributed by atoms with Crippen LogP contribution in [0.4, 0.5) is 0 Å². The van der Waals surface area contributed by atoms with E-state index in [1.807, 2.05) is 6.20 Å². The van der Waals surface area contributed by atoms with Crippen molar-refractivity contribution < 1.29 is 0 Å². The Hall–Kier alpha value is -0.920. The third-order valence-electron chi connectivity index (χ3n) is 4.10. The molecular formula is C15H24N2. The van der Waals surface area contributed by atoms with Gasteiger partial charge in [0.05, 0.1) is 5.69 Å². The maximum Gasteiger partial charge on any atom is 0.0666 e. The average Bonchev–Trinajstić information content (AvgIpc) is 2.26. The van der Waals surface area contributed by atoms with E-state index in [0.29, 0.717) is 11.3 Å². The molecule has 0 radical (unpaired) electrons. The fraction of sp³-hybridized carbons (Fsp3) is 0.733. The van der Waals surface area contributed by atoms with Crippen LogP contribution in [-0.2, 0) is 6.42 Å². The van der Waals surface area contributed by atoms with E-state index in [4.69, 9.17) is 0 Å². The molecule has 2 nitrogen and oxygen atoms in total. The van der Waals surface area contributed by atoms with Crippen molar-refractivity contribution in [3.05, 3.63) is 23.5 Å². The molecule has 0 bridgehead atoms. The molecule has 0 amide bonds. The van der Waals surface area contributed by atoms with Gasteiger partial charge in [-0.1, -0.05) is 34.6 Å². The second-order valence-electron chi connectivity index (χ2n) is 6.72. The van der Waals surface area contributed by atoms with Crippen molar-refractivity contribution in [2.24, 2.45) is 17.3 Å². The minimum Gasteiger partial charge on any atom is -0.159 e. The Kier molecular flexibility index (Phi) is 3.24. The Morgan fingerprint density at radius 1 is 1.29 bits per heavy atom. The summed E-state index contributed by atoms with van der Waals surface area (Å²) >= 11 is 0. The van der Waals surface area contributed by atoms with E-state index in [1.165, 1.54) is 17.7 Å². The molecule has 0 saturated carbocycles. The van der Waals surface area contributed by atoms with Gasteiger partial charge in [0, 0.05) is 6.20 Å². The van der Waals surface area contributed by atoms with Crippen LogP contribution >= 0.6 is 0 Å². The summed E-state index contributed by atoms with van der Waals surface area (Å²) in [6.07, 6.45) is 4.20. The van der Waals surface area contributed by atoms with Crippen LogP contribution in [0.1, 0.15) is 58.2 Å². The van der Waals surface area contributed by atoms with Crippen LogP contribution in [0.3, 0.4) is 0 Å². The Morgan fingerprint density at radius 2 is 2.00 bits per heavy atom. The second-order valence-corrected chi connectivity index (χ2v) is 6.72. The molecule has 2 heteroatoms. The van der Waals surface area contributed by atoms with Gasteiger partial charge < -0.3 is 0 Å². The molecule has 1 aliphatic carbocycles. The minimum atomic E-state index is 0.299. The molecule has 0 aromatic carbocycles. The molecule has 0 aliphatic heterocycles. The first-order valence-electron chi connectivity index (χ1n) is 6.71. The number of nitrogens with zero attached hydrogens (tertiary/aromatic N) is 2. The van der Waals surface area contributed by atoms with Gasteiger partial charge >= 0.3 is 0 Å². The summed E-state index contributed by atoms with van der Waals surface area (Å²) in [5.41, 5.74) is 2.97. The van der Waals surface area contributed by atoms with Crippen LogP contribution in [0.2, 0.25) is 0 Å². The van der Waals surface area contributed by atoms with Crippen molar-refractivity contribution in [1.82, 2.24) is 10.2 Å². The number of rotatable bonds is 1. The lowest BCUT2D eigenvalue weighted by molar-refractivity contribution is 0.168. The number of hydrogen-bond donors (Lipinski definition) is 0. The lowest BCUT2D eigenvalue weighted by Crippen LogP contribution is -2.34. The molecule has 1 aromatic heterocycles. The van der Waals surface area contributed by atoms with Crippen LogP contribution < -0.4 is 0 Å². The second kappa shape index (κ2) is 4.40. The predicted molar refractivity (Wildman–Crippen MR) is 70.9 cm³/mol. The van der Waals surface area contributed by atoms with Crippen molar-refractivity contribution >= 4 is 0 Å². The molecule has 1 aliphatic rings. The molecule has 2 unspecified atom stereocenters. The van der Waals surface area contributed by atoms with E-state index in [2.05, 4.69) is 50.9 Å². The maximum atomic E-state index is 4.33. The van der Waals surface area contributed by atoms with E-state index in [9.17, 15) is 0 Å². The van der Waals surface area contributed by atoms with E-state index >= 15 is 0 Å². The van der Waals surface area contributed by atoms with E-state index in [1.54, 1.807) is 0 Å². The molecule has 2 rings (SSSR count). The Labute approximate surface area is 105 Å². The van der Waals surface area contributed by atoms with Gasteiger partial charge in [-0.15, -0.1) is 0 Å². The van der Waals surface area contributed by atoms with Crippen molar-refractivity contribution in [2.75, 3.05) is 0 Å². The normalized spacial score (nSPS) is 24.8. The van der Waals surface area contributed by atoms with Gasteiger partial charge in [-0.3, -0.25) is 0 Å². The van der Waals surface area contributed by atoms with Gasteiger partial charge in [0.15, 0.2) is 0 Å². The first-order chi connectivity index (χ1) is 7.91. The zero-order chi connectivity index (χ0) is 12.6. The van der Waals surface area contributed by atoms with Crippen LogP contribution in [0.15, 0.2) is 12.3 Å². The van der Waals surface area contributed by atoms with Gasteiger partial charge in [0.2, 0.25) is 0 Å². The van der Waals surface area contributed by atoms with Crippen molar-refractivity contribution in [3.8, 4) is 0 Å². The summed E-state index contributed by atoms with van der Waals surface area (Å²) in [6.45, 7) is 11.7. The van der Waals surface area contributed by atoms with E-state index < -0.39 is 0 Å². The summed E-state index contributed by atoms with van der Waals surface area (Å²) in [6, 6.07) is 2.19. The number of aromatic nitrogens is 2. The first-order valence-corrected chi connectivity index (χ1v) is 6.71. The highest BCUT2D eigenvalue weighted by molar-refractivity contribution is 5.28. The third-order valence-corrected chi connectivity index (χ3v) is 4.10.